The van der Waals surface area contributed by atoms with Crippen LogP contribution in [0.25, 0.3) is 0 Å². The lowest BCUT2D eigenvalue weighted by atomic mass is 10.5. The Kier molecular flexibility index (Phi) is 3.19. The molecule has 0 aromatic carbocycles. The third-order valence-electron chi connectivity index (χ3n) is 1.20. The van der Waals surface area contributed by atoms with Gasteiger partial charge in [0.15, 0.2) is 5.69 Å². The summed E-state index contributed by atoms with van der Waals surface area (Å²) in [7, 11) is 0. The summed E-state index contributed by atoms with van der Waals surface area (Å²) >= 11 is 1.30. The second-order valence-corrected chi connectivity index (χ2v) is 3.01. The van der Waals surface area contributed by atoms with Crippen LogP contribution in [-0.4, -0.2) is 22.7 Å². The smallest absolute Gasteiger partial charge is 0.355 e. The lowest BCUT2D eigenvalue weighted by Gasteiger charge is -1.93. The van der Waals surface area contributed by atoms with Gasteiger partial charge >= 0.3 is 5.97 Å². The van der Waals surface area contributed by atoms with E-state index in [1.807, 2.05) is 6.92 Å². The van der Waals surface area contributed by atoms with Gasteiger partial charge in [-0.25, -0.2) is 9.78 Å². The molecule has 1 N–H and O–H groups in total. The minimum atomic E-state index is -0.992. The predicted molar refractivity (Wildman–Crippen MR) is 44.4 cm³/mol. The number of hydrogen-bond acceptors (Lipinski definition) is 4. The van der Waals surface area contributed by atoms with Gasteiger partial charge in [0, 0.05) is 12.0 Å². The fourth-order valence-corrected chi connectivity index (χ4v) is 1.37. The number of ether oxygens (including phenoxy) is 1. The molecule has 4 nitrogen and oxygen atoms in total. The highest BCUT2D eigenvalue weighted by Gasteiger charge is 2.07. The van der Waals surface area contributed by atoms with Crippen molar-refractivity contribution in [2.24, 2.45) is 0 Å². The highest BCUT2D eigenvalue weighted by molar-refractivity contribution is 7.09. The fourth-order valence-electron chi connectivity index (χ4n) is 0.665. The zero-order valence-corrected chi connectivity index (χ0v) is 7.43. The van der Waals surface area contributed by atoms with Crippen LogP contribution in [0.5, 0.6) is 0 Å². The van der Waals surface area contributed by atoms with Gasteiger partial charge in [0.25, 0.3) is 0 Å². The van der Waals surface area contributed by atoms with E-state index in [4.69, 9.17) is 9.84 Å². The molecule has 0 saturated heterocycles. The molecule has 1 aromatic heterocycles. The van der Waals surface area contributed by atoms with Gasteiger partial charge in [-0.3, -0.25) is 0 Å². The number of nitrogens with zero attached hydrogens (tertiary/aromatic N) is 1. The van der Waals surface area contributed by atoms with Crippen molar-refractivity contribution in [2.75, 3.05) is 6.61 Å². The van der Waals surface area contributed by atoms with Gasteiger partial charge < -0.3 is 9.84 Å². The Morgan fingerprint density at radius 2 is 2.58 bits per heavy atom. The highest BCUT2D eigenvalue weighted by atomic mass is 32.1. The van der Waals surface area contributed by atoms with E-state index in [0.29, 0.717) is 18.2 Å². The van der Waals surface area contributed by atoms with Crippen LogP contribution in [0.2, 0.25) is 0 Å². The Bertz CT molecular complexity index is 271. The molecule has 0 atom stereocenters. The summed E-state index contributed by atoms with van der Waals surface area (Å²) in [6.45, 7) is 2.89. The number of thiazole rings is 1. The first-order valence-corrected chi connectivity index (χ1v) is 4.37. The third-order valence-corrected chi connectivity index (χ3v) is 2.02. The predicted octanol–water partition coefficient (Wildman–Crippen LogP) is 1.38. The Morgan fingerprint density at radius 1 is 1.83 bits per heavy atom. The van der Waals surface area contributed by atoms with Crippen molar-refractivity contribution in [2.45, 2.75) is 13.5 Å². The lowest BCUT2D eigenvalue weighted by molar-refractivity contribution is 0.0690. The molecule has 0 fully saturated rings. The molecule has 66 valence electrons. The summed E-state index contributed by atoms with van der Waals surface area (Å²) in [6.07, 6.45) is 0. The van der Waals surface area contributed by atoms with Gasteiger partial charge in [-0.2, -0.15) is 0 Å². The van der Waals surface area contributed by atoms with E-state index in [1.54, 1.807) is 0 Å². The maximum Gasteiger partial charge on any atom is 0.355 e. The Labute approximate surface area is 73.8 Å². The van der Waals surface area contributed by atoms with Crippen molar-refractivity contribution >= 4 is 17.3 Å². The molecule has 0 aliphatic heterocycles. The van der Waals surface area contributed by atoms with E-state index in [-0.39, 0.29) is 5.69 Å². The molecule has 1 rings (SSSR count). The minimum Gasteiger partial charge on any atom is -0.476 e. The second-order valence-electron chi connectivity index (χ2n) is 2.07. The molecule has 0 bridgehead atoms. The Hall–Kier alpha value is -0.940. The molecule has 0 spiro atoms. The summed E-state index contributed by atoms with van der Waals surface area (Å²) in [5, 5.41) is 10.7. The van der Waals surface area contributed by atoms with Crippen LogP contribution in [0.3, 0.4) is 0 Å². The summed E-state index contributed by atoms with van der Waals surface area (Å²) in [4.78, 5) is 14.2. The Balaban J connectivity index is 2.58. The van der Waals surface area contributed by atoms with Gasteiger partial charge in [0.1, 0.15) is 5.01 Å². The van der Waals surface area contributed by atoms with Crippen LogP contribution in [0.1, 0.15) is 22.4 Å². The number of hydrogen-bond donors (Lipinski definition) is 1. The monoisotopic (exact) mass is 187 g/mol. The number of aromatic nitrogens is 1. The lowest BCUT2D eigenvalue weighted by Crippen LogP contribution is -1.97. The first kappa shape index (κ1) is 9.15. The zero-order valence-electron chi connectivity index (χ0n) is 6.61. The standard InChI is InChI=1S/C7H9NO3S/c1-2-11-3-6-8-5(4-12-6)7(9)10/h4H,2-3H2,1H3,(H,9,10). The SMILES string of the molecule is CCOCc1nc(C(=O)O)cs1. The number of rotatable bonds is 4. The van der Waals surface area contributed by atoms with Crippen molar-refractivity contribution in [3.8, 4) is 0 Å². The molecular formula is C7H9NO3S. The van der Waals surface area contributed by atoms with Crippen LogP contribution in [0.4, 0.5) is 0 Å². The molecule has 0 amide bonds. The molecule has 0 unspecified atom stereocenters. The topological polar surface area (TPSA) is 59.4 Å². The van der Waals surface area contributed by atoms with Crippen LogP contribution in [0, 0.1) is 0 Å². The molecule has 1 aromatic rings. The van der Waals surface area contributed by atoms with Gasteiger partial charge in [-0.1, -0.05) is 0 Å². The Morgan fingerprint density at radius 3 is 3.08 bits per heavy atom. The van der Waals surface area contributed by atoms with Crippen molar-refractivity contribution in [3.05, 3.63) is 16.1 Å². The summed E-state index contributed by atoms with van der Waals surface area (Å²) in [5.41, 5.74) is 0.0923. The largest absolute Gasteiger partial charge is 0.476 e. The van der Waals surface area contributed by atoms with Crippen LogP contribution >= 0.6 is 11.3 Å². The average Bonchev–Trinajstić information content (AvgIpc) is 2.48. The third kappa shape index (κ3) is 2.28. The van der Waals surface area contributed by atoms with E-state index in [0.717, 1.165) is 0 Å². The van der Waals surface area contributed by atoms with E-state index < -0.39 is 5.97 Å². The van der Waals surface area contributed by atoms with Crippen LogP contribution < -0.4 is 0 Å². The minimum absolute atomic E-state index is 0.0923. The average molecular weight is 187 g/mol. The molecule has 0 radical (unpaired) electrons. The van der Waals surface area contributed by atoms with Crippen molar-refractivity contribution < 1.29 is 14.6 Å². The molecule has 5 heteroatoms. The maximum absolute atomic E-state index is 10.4. The van der Waals surface area contributed by atoms with Gasteiger partial charge in [-0.15, -0.1) is 11.3 Å². The number of aromatic carboxylic acids is 1. The zero-order chi connectivity index (χ0) is 8.97. The van der Waals surface area contributed by atoms with Gasteiger partial charge in [-0.05, 0) is 6.92 Å². The van der Waals surface area contributed by atoms with Crippen LogP contribution in [0.15, 0.2) is 5.38 Å². The molecule has 1 heterocycles. The first-order valence-electron chi connectivity index (χ1n) is 3.49. The molecule has 0 aliphatic rings. The van der Waals surface area contributed by atoms with E-state index >= 15 is 0 Å². The number of carboxylic acid groups (broad SMARTS) is 1. The normalized spacial score (nSPS) is 10.1. The summed E-state index contributed by atoms with van der Waals surface area (Å²) in [6, 6.07) is 0. The van der Waals surface area contributed by atoms with Gasteiger partial charge in [0.2, 0.25) is 0 Å². The molecule has 0 saturated carbocycles. The van der Waals surface area contributed by atoms with Crippen molar-refractivity contribution in [1.82, 2.24) is 4.98 Å². The van der Waals surface area contributed by atoms with E-state index in [9.17, 15) is 4.79 Å². The van der Waals surface area contributed by atoms with Crippen molar-refractivity contribution in [1.29, 1.82) is 0 Å². The second kappa shape index (κ2) is 4.18. The summed E-state index contributed by atoms with van der Waals surface area (Å²) in [5.74, 6) is -0.992. The number of carboxylic acids is 1. The molecule has 0 aliphatic carbocycles. The first-order chi connectivity index (χ1) is 5.74. The van der Waals surface area contributed by atoms with E-state index in [1.165, 1.54) is 16.7 Å². The molecular weight excluding hydrogens is 178 g/mol. The van der Waals surface area contributed by atoms with Crippen molar-refractivity contribution in [3.63, 3.8) is 0 Å². The van der Waals surface area contributed by atoms with E-state index in [2.05, 4.69) is 4.98 Å². The quantitative estimate of drug-likeness (QED) is 0.773. The highest BCUT2D eigenvalue weighted by Crippen LogP contribution is 2.10. The maximum atomic E-state index is 10.4. The fraction of sp³-hybridized carbons (Fsp3) is 0.429. The van der Waals surface area contributed by atoms with Crippen LogP contribution in [-0.2, 0) is 11.3 Å². The summed E-state index contributed by atoms with van der Waals surface area (Å²) < 4.78 is 5.07. The number of carbonyl (C=O) groups is 1. The van der Waals surface area contributed by atoms with Gasteiger partial charge in [0.05, 0.1) is 6.61 Å². The molecule has 12 heavy (non-hydrogen) atoms.